The molecule has 0 bridgehead atoms. The van der Waals surface area contributed by atoms with E-state index in [0.717, 1.165) is 31.8 Å². The molecule has 3 atom stereocenters. The second-order valence-corrected chi connectivity index (χ2v) is 4.04. The first-order valence-corrected chi connectivity index (χ1v) is 5.44. The molecular formula is C11H19NO2. The lowest BCUT2D eigenvalue weighted by molar-refractivity contribution is 0.0910. The van der Waals surface area contributed by atoms with Crippen LogP contribution in [-0.2, 0) is 9.47 Å². The van der Waals surface area contributed by atoms with Crippen LogP contribution in [0.5, 0.6) is 0 Å². The largest absolute Gasteiger partial charge is 0.496 e. The molecule has 14 heavy (non-hydrogen) atoms. The van der Waals surface area contributed by atoms with Crippen LogP contribution in [0.2, 0.25) is 0 Å². The Kier molecular flexibility index (Phi) is 3.08. The molecule has 0 aliphatic carbocycles. The highest BCUT2D eigenvalue weighted by Gasteiger charge is 2.34. The van der Waals surface area contributed by atoms with Gasteiger partial charge in [0, 0.05) is 18.9 Å². The zero-order valence-electron chi connectivity index (χ0n) is 8.95. The van der Waals surface area contributed by atoms with Gasteiger partial charge in [-0.05, 0) is 26.5 Å². The van der Waals surface area contributed by atoms with Gasteiger partial charge in [0.2, 0.25) is 0 Å². The van der Waals surface area contributed by atoms with Gasteiger partial charge >= 0.3 is 0 Å². The van der Waals surface area contributed by atoms with E-state index in [1.165, 1.54) is 0 Å². The molecule has 0 aromatic carbocycles. The van der Waals surface area contributed by atoms with Gasteiger partial charge < -0.3 is 14.8 Å². The Morgan fingerprint density at radius 3 is 2.86 bits per heavy atom. The van der Waals surface area contributed by atoms with Crippen LogP contribution < -0.4 is 5.32 Å². The van der Waals surface area contributed by atoms with E-state index in [1.54, 1.807) is 0 Å². The van der Waals surface area contributed by atoms with Crippen LogP contribution >= 0.6 is 0 Å². The molecule has 3 unspecified atom stereocenters. The predicted octanol–water partition coefficient (Wildman–Crippen LogP) is 1.30. The molecule has 0 radical (unpaired) electrons. The average Bonchev–Trinajstić information content (AvgIpc) is 2.80. The van der Waals surface area contributed by atoms with Crippen LogP contribution in [-0.4, -0.2) is 32.4 Å². The van der Waals surface area contributed by atoms with Crippen molar-refractivity contribution in [2.24, 2.45) is 5.92 Å². The quantitative estimate of drug-likeness (QED) is 0.740. The van der Waals surface area contributed by atoms with Gasteiger partial charge in [0.25, 0.3) is 0 Å². The summed E-state index contributed by atoms with van der Waals surface area (Å²) in [7, 11) is 2.00. The third-order valence-corrected chi connectivity index (χ3v) is 3.21. The number of hydrogen-bond acceptors (Lipinski definition) is 3. The van der Waals surface area contributed by atoms with E-state index in [1.807, 2.05) is 7.05 Å². The Morgan fingerprint density at radius 1 is 1.50 bits per heavy atom. The van der Waals surface area contributed by atoms with Crippen molar-refractivity contribution < 1.29 is 9.47 Å². The fraction of sp³-hybridized carbons (Fsp3) is 0.818. The summed E-state index contributed by atoms with van der Waals surface area (Å²) in [6, 6.07) is 0.343. The number of rotatable bonds is 3. The molecule has 1 fully saturated rings. The number of ether oxygens (including phenoxy) is 2. The first kappa shape index (κ1) is 9.99. The molecule has 0 spiro atoms. The van der Waals surface area contributed by atoms with E-state index in [4.69, 9.17) is 9.47 Å². The van der Waals surface area contributed by atoms with Gasteiger partial charge in [0.15, 0.2) is 0 Å². The van der Waals surface area contributed by atoms with Gasteiger partial charge in [-0.3, -0.25) is 0 Å². The minimum Gasteiger partial charge on any atom is -0.496 e. The van der Waals surface area contributed by atoms with Crippen molar-refractivity contribution in [1.29, 1.82) is 0 Å². The monoisotopic (exact) mass is 197 g/mol. The molecule has 2 heterocycles. The molecule has 1 saturated heterocycles. The maximum absolute atomic E-state index is 5.61. The summed E-state index contributed by atoms with van der Waals surface area (Å²) in [6.45, 7) is 3.88. The maximum Gasteiger partial charge on any atom is 0.109 e. The summed E-state index contributed by atoms with van der Waals surface area (Å²) in [5, 5.41) is 3.34. The van der Waals surface area contributed by atoms with Crippen molar-refractivity contribution in [3.05, 3.63) is 11.8 Å². The summed E-state index contributed by atoms with van der Waals surface area (Å²) in [5.41, 5.74) is 0. The summed E-state index contributed by atoms with van der Waals surface area (Å²) < 4.78 is 11.2. The molecular weight excluding hydrogens is 178 g/mol. The third kappa shape index (κ3) is 1.79. The third-order valence-electron chi connectivity index (χ3n) is 3.21. The van der Waals surface area contributed by atoms with Gasteiger partial charge in [0.1, 0.15) is 5.76 Å². The van der Waals surface area contributed by atoms with Crippen LogP contribution in [0.3, 0.4) is 0 Å². The highest BCUT2D eigenvalue weighted by atomic mass is 16.5. The second-order valence-electron chi connectivity index (χ2n) is 4.04. The second kappa shape index (κ2) is 4.32. The minimum absolute atomic E-state index is 0.343. The lowest BCUT2D eigenvalue weighted by Gasteiger charge is -2.25. The fourth-order valence-electron chi connectivity index (χ4n) is 2.41. The Labute approximate surface area is 85.5 Å². The molecule has 0 aromatic heterocycles. The molecule has 0 aromatic rings. The van der Waals surface area contributed by atoms with E-state index in [0.29, 0.717) is 18.1 Å². The number of likely N-dealkylation sites (N-methyl/N-ethyl adjacent to an activating group) is 1. The van der Waals surface area contributed by atoms with Gasteiger partial charge in [-0.25, -0.2) is 0 Å². The molecule has 80 valence electrons. The van der Waals surface area contributed by atoms with Crippen LogP contribution in [0.15, 0.2) is 11.8 Å². The topological polar surface area (TPSA) is 30.5 Å². The van der Waals surface area contributed by atoms with Gasteiger partial charge in [-0.15, -0.1) is 0 Å². The van der Waals surface area contributed by atoms with Gasteiger partial charge in [-0.1, -0.05) is 0 Å². The zero-order valence-corrected chi connectivity index (χ0v) is 8.95. The van der Waals surface area contributed by atoms with Crippen molar-refractivity contribution in [1.82, 2.24) is 5.32 Å². The smallest absolute Gasteiger partial charge is 0.109 e. The van der Waals surface area contributed by atoms with Gasteiger partial charge in [0.05, 0.1) is 18.8 Å². The molecule has 0 saturated carbocycles. The number of nitrogens with one attached hydrogen (secondary N) is 1. The molecule has 2 rings (SSSR count). The SMILES string of the molecule is CNC(C1=CCCO1)C1CCOC1C. The average molecular weight is 197 g/mol. The van der Waals surface area contributed by atoms with E-state index in [9.17, 15) is 0 Å². The molecule has 0 amide bonds. The van der Waals surface area contributed by atoms with Gasteiger partial charge in [-0.2, -0.15) is 0 Å². The van der Waals surface area contributed by atoms with Crippen LogP contribution in [0.1, 0.15) is 19.8 Å². The molecule has 2 aliphatic rings. The Hall–Kier alpha value is -0.540. The normalized spacial score (nSPS) is 34.0. The fourth-order valence-corrected chi connectivity index (χ4v) is 2.41. The van der Waals surface area contributed by atoms with E-state index < -0.39 is 0 Å². The van der Waals surface area contributed by atoms with E-state index in [-0.39, 0.29) is 0 Å². The summed E-state index contributed by atoms with van der Waals surface area (Å²) in [4.78, 5) is 0. The first-order chi connectivity index (χ1) is 6.83. The van der Waals surface area contributed by atoms with Crippen molar-refractivity contribution >= 4 is 0 Å². The van der Waals surface area contributed by atoms with Crippen LogP contribution in [0.25, 0.3) is 0 Å². The summed E-state index contributed by atoms with van der Waals surface area (Å²) >= 11 is 0. The van der Waals surface area contributed by atoms with Crippen LogP contribution in [0, 0.1) is 5.92 Å². The Morgan fingerprint density at radius 2 is 2.36 bits per heavy atom. The number of hydrogen-bond donors (Lipinski definition) is 1. The lowest BCUT2D eigenvalue weighted by Crippen LogP contribution is -2.38. The summed E-state index contributed by atoms with van der Waals surface area (Å²) in [6.07, 6.45) is 4.73. The lowest BCUT2D eigenvalue weighted by atomic mass is 9.92. The van der Waals surface area contributed by atoms with Crippen LogP contribution in [0.4, 0.5) is 0 Å². The minimum atomic E-state index is 0.343. The highest BCUT2D eigenvalue weighted by Crippen LogP contribution is 2.29. The van der Waals surface area contributed by atoms with Crippen molar-refractivity contribution in [3.63, 3.8) is 0 Å². The summed E-state index contributed by atoms with van der Waals surface area (Å²) in [5.74, 6) is 1.68. The zero-order chi connectivity index (χ0) is 9.97. The van der Waals surface area contributed by atoms with Crippen molar-refractivity contribution in [3.8, 4) is 0 Å². The maximum atomic E-state index is 5.61. The molecule has 2 aliphatic heterocycles. The molecule has 3 nitrogen and oxygen atoms in total. The Balaban J connectivity index is 2.04. The van der Waals surface area contributed by atoms with Crippen molar-refractivity contribution in [2.45, 2.75) is 31.9 Å². The predicted molar refractivity (Wildman–Crippen MR) is 55.0 cm³/mol. The molecule has 3 heteroatoms. The molecule has 1 N–H and O–H groups in total. The standard InChI is InChI=1S/C11H19NO2/c1-8-9(5-7-13-8)11(12-2)10-4-3-6-14-10/h4,8-9,11-12H,3,5-7H2,1-2H3. The Bertz CT molecular complexity index is 227. The first-order valence-electron chi connectivity index (χ1n) is 5.44. The van der Waals surface area contributed by atoms with E-state index in [2.05, 4.69) is 18.3 Å². The van der Waals surface area contributed by atoms with Crippen molar-refractivity contribution in [2.75, 3.05) is 20.3 Å². The van der Waals surface area contributed by atoms with E-state index >= 15 is 0 Å². The highest BCUT2D eigenvalue weighted by molar-refractivity contribution is 5.10.